The zero-order valence-electron chi connectivity index (χ0n) is 17.1. The van der Waals surface area contributed by atoms with Crippen LogP contribution in [0.3, 0.4) is 0 Å². The van der Waals surface area contributed by atoms with Gasteiger partial charge in [0.25, 0.3) is 5.91 Å². The van der Waals surface area contributed by atoms with Gasteiger partial charge in [-0.3, -0.25) is 9.69 Å². The van der Waals surface area contributed by atoms with E-state index < -0.39 is 10.0 Å². The number of hydrogen-bond acceptors (Lipinski definition) is 4. The van der Waals surface area contributed by atoms with Crippen LogP contribution in [-0.4, -0.2) is 50.7 Å². The number of amides is 1. The fourth-order valence-electron chi connectivity index (χ4n) is 3.43. The van der Waals surface area contributed by atoms with Crippen LogP contribution in [-0.2, 0) is 23.1 Å². The summed E-state index contributed by atoms with van der Waals surface area (Å²) in [6.45, 7) is 3.70. The molecule has 0 bridgehead atoms. The van der Waals surface area contributed by atoms with Crippen LogP contribution in [0.15, 0.2) is 53.4 Å². The lowest BCUT2D eigenvalue weighted by atomic mass is 10.1. The summed E-state index contributed by atoms with van der Waals surface area (Å²) in [4.78, 5) is 15.1. The molecule has 2 aromatic carbocycles. The minimum absolute atomic E-state index is 0.109. The molecule has 29 heavy (non-hydrogen) atoms. The Labute approximate surface area is 173 Å². The summed E-state index contributed by atoms with van der Waals surface area (Å²) < 4.78 is 25.6. The lowest BCUT2D eigenvalue weighted by molar-refractivity contribution is 0.0950. The topological polar surface area (TPSA) is 69.7 Å². The average Bonchev–Trinajstić information content (AvgIpc) is 2.73. The Morgan fingerprint density at radius 3 is 2.31 bits per heavy atom. The third-order valence-electron chi connectivity index (χ3n) is 5.21. The molecular weight excluding hydrogens is 386 g/mol. The maximum atomic E-state index is 12.5. The highest BCUT2D eigenvalue weighted by atomic mass is 32.2. The van der Waals surface area contributed by atoms with Gasteiger partial charge < -0.3 is 5.32 Å². The molecule has 1 amide bonds. The Kier molecular flexibility index (Phi) is 7.05. The molecule has 0 saturated carbocycles. The zero-order valence-corrected chi connectivity index (χ0v) is 17.9. The number of likely N-dealkylation sites (tertiary alicyclic amines) is 1. The maximum Gasteiger partial charge on any atom is 0.251 e. The van der Waals surface area contributed by atoms with Gasteiger partial charge in [-0.25, -0.2) is 12.7 Å². The minimum Gasteiger partial charge on any atom is -0.348 e. The molecule has 6 nitrogen and oxygen atoms in total. The van der Waals surface area contributed by atoms with Gasteiger partial charge in [-0.2, -0.15) is 0 Å². The van der Waals surface area contributed by atoms with Gasteiger partial charge in [0, 0.05) is 32.7 Å². The van der Waals surface area contributed by atoms with Crippen molar-refractivity contribution in [3.8, 4) is 0 Å². The molecule has 1 saturated heterocycles. The van der Waals surface area contributed by atoms with E-state index in [4.69, 9.17) is 0 Å². The molecule has 7 heteroatoms. The van der Waals surface area contributed by atoms with Crippen LogP contribution in [0.4, 0.5) is 0 Å². The summed E-state index contributed by atoms with van der Waals surface area (Å²) in [5, 5.41) is 2.87. The predicted octanol–water partition coefficient (Wildman–Crippen LogP) is 2.85. The monoisotopic (exact) mass is 415 g/mol. The number of benzene rings is 2. The van der Waals surface area contributed by atoms with Crippen molar-refractivity contribution in [1.29, 1.82) is 0 Å². The van der Waals surface area contributed by atoms with Gasteiger partial charge in [-0.1, -0.05) is 36.8 Å². The molecule has 1 fully saturated rings. The van der Waals surface area contributed by atoms with Crippen LogP contribution in [0.5, 0.6) is 0 Å². The Morgan fingerprint density at radius 1 is 1.00 bits per heavy atom. The Bertz CT molecular complexity index is 934. The minimum atomic E-state index is -3.57. The molecule has 156 valence electrons. The number of rotatable bonds is 7. The molecule has 2 aromatic rings. The van der Waals surface area contributed by atoms with Crippen LogP contribution in [0, 0.1) is 0 Å². The molecule has 1 heterocycles. The van der Waals surface area contributed by atoms with Crippen molar-refractivity contribution in [3.63, 3.8) is 0 Å². The predicted molar refractivity (Wildman–Crippen MR) is 114 cm³/mol. The molecule has 0 unspecified atom stereocenters. The summed E-state index contributed by atoms with van der Waals surface area (Å²) in [5.74, 6) is -0.293. The van der Waals surface area contributed by atoms with Gasteiger partial charge in [-0.05, 0) is 55.3 Å². The van der Waals surface area contributed by atoms with Gasteiger partial charge in [0.1, 0.15) is 0 Å². The highest BCUT2D eigenvalue weighted by Crippen LogP contribution is 2.16. The molecule has 1 aliphatic heterocycles. The third kappa shape index (κ3) is 5.65. The normalized spacial score (nSPS) is 15.4. The molecule has 1 N–H and O–H groups in total. The Hall–Kier alpha value is -2.22. The second-order valence-electron chi connectivity index (χ2n) is 7.65. The van der Waals surface area contributed by atoms with E-state index in [-0.39, 0.29) is 10.8 Å². The SMILES string of the molecule is CN(C)S(=O)(=O)c1cccc(C(=O)NCc2ccc(CN3CCCCC3)cc2)c1. The second-order valence-corrected chi connectivity index (χ2v) is 9.80. The second kappa shape index (κ2) is 9.52. The standard InChI is InChI=1S/C22H29N3O3S/c1-24(2)29(27,28)21-8-6-7-20(15-21)22(26)23-16-18-9-11-19(12-10-18)17-25-13-4-3-5-14-25/h6-12,15H,3-5,13-14,16-17H2,1-2H3,(H,23,26). The van der Waals surface area contributed by atoms with Gasteiger partial charge in [-0.15, -0.1) is 0 Å². The lowest BCUT2D eigenvalue weighted by Crippen LogP contribution is -2.29. The number of sulfonamides is 1. The lowest BCUT2D eigenvalue weighted by Gasteiger charge is -2.26. The zero-order chi connectivity index (χ0) is 20.9. The van der Waals surface area contributed by atoms with E-state index >= 15 is 0 Å². The van der Waals surface area contributed by atoms with E-state index in [9.17, 15) is 13.2 Å². The van der Waals surface area contributed by atoms with Crippen LogP contribution >= 0.6 is 0 Å². The van der Waals surface area contributed by atoms with Crippen LogP contribution < -0.4 is 5.32 Å². The molecule has 0 spiro atoms. The van der Waals surface area contributed by atoms with Crippen LogP contribution in [0.25, 0.3) is 0 Å². The first-order chi connectivity index (χ1) is 13.9. The molecule has 0 radical (unpaired) electrons. The van der Waals surface area contributed by atoms with Gasteiger partial charge in [0.15, 0.2) is 0 Å². The van der Waals surface area contributed by atoms with Crippen molar-refractivity contribution in [2.24, 2.45) is 0 Å². The first-order valence-corrected chi connectivity index (χ1v) is 11.4. The first kappa shape index (κ1) is 21.5. The molecule has 0 atom stereocenters. The summed E-state index contributed by atoms with van der Waals surface area (Å²) in [6, 6.07) is 14.4. The smallest absolute Gasteiger partial charge is 0.251 e. The van der Waals surface area contributed by atoms with Crippen molar-refractivity contribution in [1.82, 2.24) is 14.5 Å². The first-order valence-electron chi connectivity index (χ1n) is 9.97. The number of nitrogens with zero attached hydrogens (tertiary/aromatic N) is 2. The Balaban J connectivity index is 1.58. The van der Waals surface area contributed by atoms with E-state index in [1.165, 1.54) is 64.1 Å². The highest BCUT2D eigenvalue weighted by molar-refractivity contribution is 7.89. The van der Waals surface area contributed by atoms with Crippen LogP contribution in [0.2, 0.25) is 0 Å². The highest BCUT2D eigenvalue weighted by Gasteiger charge is 2.18. The fourth-order valence-corrected chi connectivity index (χ4v) is 4.38. The summed E-state index contributed by atoms with van der Waals surface area (Å²) >= 11 is 0. The largest absolute Gasteiger partial charge is 0.348 e. The van der Waals surface area contributed by atoms with E-state index in [0.717, 1.165) is 16.4 Å². The molecule has 3 rings (SSSR count). The molecule has 0 aromatic heterocycles. The quantitative estimate of drug-likeness (QED) is 0.755. The van der Waals surface area contributed by atoms with E-state index in [2.05, 4.69) is 22.3 Å². The number of piperidine rings is 1. The van der Waals surface area contributed by atoms with Crippen LogP contribution in [0.1, 0.15) is 40.7 Å². The summed E-state index contributed by atoms with van der Waals surface area (Å²) in [6.07, 6.45) is 3.89. The van der Waals surface area contributed by atoms with Gasteiger partial charge in [0.05, 0.1) is 4.90 Å². The third-order valence-corrected chi connectivity index (χ3v) is 7.02. The number of nitrogens with one attached hydrogen (secondary N) is 1. The van der Waals surface area contributed by atoms with Crippen molar-refractivity contribution in [3.05, 3.63) is 65.2 Å². The summed E-state index contributed by atoms with van der Waals surface area (Å²) in [7, 11) is -0.629. The van der Waals surface area contributed by atoms with Crippen molar-refractivity contribution in [2.45, 2.75) is 37.2 Å². The molecule has 1 aliphatic rings. The molecular formula is C22H29N3O3S. The van der Waals surface area contributed by atoms with E-state index in [0.29, 0.717) is 12.1 Å². The van der Waals surface area contributed by atoms with E-state index in [1.54, 1.807) is 12.1 Å². The average molecular weight is 416 g/mol. The fraction of sp³-hybridized carbons (Fsp3) is 0.409. The maximum absolute atomic E-state index is 12.5. The van der Waals surface area contributed by atoms with E-state index in [1.807, 2.05) is 12.1 Å². The van der Waals surface area contributed by atoms with Crippen molar-refractivity contribution < 1.29 is 13.2 Å². The Morgan fingerprint density at radius 2 is 1.66 bits per heavy atom. The van der Waals surface area contributed by atoms with Gasteiger partial charge >= 0.3 is 0 Å². The summed E-state index contributed by atoms with van der Waals surface area (Å²) in [5.41, 5.74) is 2.62. The van der Waals surface area contributed by atoms with Crippen molar-refractivity contribution >= 4 is 15.9 Å². The van der Waals surface area contributed by atoms with Gasteiger partial charge in [0.2, 0.25) is 10.0 Å². The molecule has 0 aliphatic carbocycles. The number of hydrogen-bond donors (Lipinski definition) is 1. The number of carbonyl (C=O) groups is 1. The number of carbonyl (C=O) groups excluding carboxylic acids is 1. The van der Waals surface area contributed by atoms with Crippen molar-refractivity contribution in [2.75, 3.05) is 27.2 Å².